The van der Waals surface area contributed by atoms with Crippen LogP contribution >= 0.6 is 0 Å². The quantitative estimate of drug-likeness (QED) is 0.763. The third-order valence-corrected chi connectivity index (χ3v) is 3.51. The first kappa shape index (κ1) is 14.6. The minimum Gasteiger partial charge on any atom is -0.444 e. The highest BCUT2D eigenvalue weighted by molar-refractivity contribution is 5.69. The summed E-state index contributed by atoms with van der Waals surface area (Å²) in [6, 6.07) is 10.4. The Hall–Kier alpha value is -1.77. The lowest BCUT2D eigenvalue weighted by Gasteiger charge is -2.27. The van der Waals surface area contributed by atoms with Gasteiger partial charge < -0.3 is 9.64 Å². The van der Waals surface area contributed by atoms with Gasteiger partial charge in [0.05, 0.1) is 6.04 Å². The Bertz CT molecular complexity index is 476. The summed E-state index contributed by atoms with van der Waals surface area (Å²) in [4.78, 5) is 14.1. The van der Waals surface area contributed by atoms with Crippen molar-refractivity contribution in [2.45, 2.75) is 44.8 Å². The van der Waals surface area contributed by atoms with Crippen molar-refractivity contribution in [3.8, 4) is 0 Å². The van der Waals surface area contributed by atoms with E-state index < -0.39 is 5.60 Å². The maximum Gasteiger partial charge on any atom is 0.410 e. The Labute approximate surface area is 121 Å². The molecule has 0 N–H and O–H groups in total. The predicted molar refractivity (Wildman–Crippen MR) is 80.7 cm³/mol. The molecule has 0 bridgehead atoms. The lowest BCUT2D eigenvalue weighted by molar-refractivity contribution is 0.0254. The Balaban J connectivity index is 2.11. The Morgan fingerprint density at radius 3 is 2.55 bits per heavy atom. The molecule has 1 amide bonds. The highest BCUT2D eigenvalue weighted by Gasteiger charge is 2.36. The number of likely N-dealkylation sites (tertiary alicyclic amines) is 1. The highest BCUT2D eigenvalue weighted by Crippen LogP contribution is 2.33. The molecule has 0 saturated carbocycles. The molecular weight excluding hydrogens is 250 g/mol. The van der Waals surface area contributed by atoms with Gasteiger partial charge in [-0.2, -0.15) is 0 Å². The van der Waals surface area contributed by atoms with Gasteiger partial charge in [-0.15, -0.1) is 6.58 Å². The minimum atomic E-state index is -0.465. The molecule has 1 aliphatic rings. The Kier molecular flexibility index (Phi) is 4.17. The molecule has 0 aromatic heterocycles. The third kappa shape index (κ3) is 3.41. The zero-order chi connectivity index (χ0) is 14.8. The van der Waals surface area contributed by atoms with Crippen LogP contribution in [0.5, 0.6) is 0 Å². The molecule has 1 heterocycles. The number of rotatable bonds is 2. The molecular formula is C17H23NO2. The second-order valence-electron chi connectivity index (χ2n) is 6.28. The Morgan fingerprint density at radius 1 is 1.35 bits per heavy atom. The SMILES string of the molecule is C=C[C@@H]1C[C@H](c2ccccc2)CN1C(=O)OC(C)(C)C. The maximum atomic E-state index is 12.3. The van der Waals surface area contributed by atoms with E-state index in [1.807, 2.05) is 45.0 Å². The molecule has 2 rings (SSSR count). The van der Waals surface area contributed by atoms with Gasteiger partial charge in [0.25, 0.3) is 0 Å². The summed E-state index contributed by atoms with van der Waals surface area (Å²) in [6.45, 7) is 10.2. The largest absolute Gasteiger partial charge is 0.444 e. The monoisotopic (exact) mass is 273 g/mol. The molecule has 0 radical (unpaired) electrons. The lowest BCUT2D eigenvalue weighted by Crippen LogP contribution is -2.39. The van der Waals surface area contributed by atoms with E-state index in [1.54, 1.807) is 4.90 Å². The van der Waals surface area contributed by atoms with Crippen molar-refractivity contribution < 1.29 is 9.53 Å². The summed E-state index contributed by atoms with van der Waals surface area (Å²) in [5.41, 5.74) is 0.804. The first-order chi connectivity index (χ1) is 9.40. The van der Waals surface area contributed by atoms with Gasteiger partial charge in [-0.05, 0) is 32.8 Å². The number of hydrogen-bond acceptors (Lipinski definition) is 2. The fraction of sp³-hybridized carbons (Fsp3) is 0.471. The van der Waals surface area contributed by atoms with Crippen molar-refractivity contribution in [2.75, 3.05) is 6.54 Å². The molecule has 3 nitrogen and oxygen atoms in total. The van der Waals surface area contributed by atoms with Crippen molar-refractivity contribution in [3.63, 3.8) is 0 Å². The number of ether oxygens (including phenoxy) is 1. The lowest BCUT2D eigenvalue weighted by atomic mass is 9.96. The first-order valence-corrected chi connectivity index (χ1v) is 7.08. The molecule has 0 spiro atoms. The molecule has 1 aromatic rings. The van der Waals surface area contributed by atoms with Crippen LogP contribution in [0.15, 0.2) is 43.0 Å². The molecule has 0 aliphatic carbocycles. The van der Waals surface area contributed by atoms with E-state index in [0.717, 1.165) is 6.42 Å². The molecule has 2 atom stereocenters. The van der Waals surface area contributed by atoms with E-state index in [1.165, 1.54) is 5.56 Å². The van der Waals surface area contributed by atoms with Crippen LogP contribution in [-0.4, -0.2) is 29.2 Å². The second-order valence-corrected chi connectivity index (χ2v) is 6.28. The van der Waals surface area contributed by atoms with Crippen molar-refractivity contribution in [2.24, 2.45) is 0 Å². The summed E-state index contributed by atoms with van der Waals surface area (Å²) in [6.07, 6.45) is 2.50. The molecule has 1 aliphatic heterocycles. The van der Waals surface area contributed by atoms with E-state index in [2.05, 4.69) is 18.7 Å². The summed E-state index contributed by atoms with van der Waals surface area (Å²) >= 11 is 0. The van der Waals surface area contributed by atoms with Gasteiger partial charge in [-0.25, -0.2) is 4.79 Å². The van der Waals surface area contributed by atoms with Crippen molar-refractivity contribution in [3.05, 3.63) is 48.6 Å². The number of nitrogens with zero attached hydrogens (tertiary/aromatic N) is 1. The summed E-state index contributed by atoms with van der Waals surface area (Å²) < 4.78 is 5.48. The van der Waals surface area contributed by atoms with Gasteiger partial charge in [0, 0.05) is 12.5 Å². The van der Waals surface area contributed by atoms with Crippen molar-refractivity contribution >= 4 is 6.09 Å². The van der Waals surface area contributed by atoms with Crippen LogP contribution in [0.4, 0.5) is 4.79 Å². The average molecular weight is 273 g/mol. The zero-order valence-electron chi connectivity index (χ0n) is 12.5. The minimum absolute atomic E-state index is 0.0510. The van der Waals surface area contributed by atoms with Gasteiger partial charge >= 0.3 is 6.09 Å². The normalized spacial score (nSPS) is 22.6. The van der Waals surface area contributed by atoms with Crippen LogP contribution in [0.3, 0.4) is 0 Å². The average Bonchev–Trinajstić information content (AvgIpc) is 2.82. The fourth-order valence-corrected chi connectivity index (χ4v) is 2.59. The molecule has 3 heteroatoms. The van der Waals surface area contributed by atoms with Crippen LogP contribution in [-0.2, 0) is 4.74 Å². The van der Waals surface area contributed by atoms with Crippen LogP contribution in [0.2, 0.25) is 0 Å². The fourth-order valence-electron chi connectivity index (χ4n) is 2.59. The third-order valence-electron chi connectivity index (χ3n) is 3.51. The molecule has 1 fully saturated rings. The van der Waals surface area contributed by atoms with Crippen LogP contribution in [0, 0.1) is 0 Å². The number of benzene rings is 1. The number of amides is 1. The van der Waals surface area contributed by atoms with E-state index >= 15 is 0 Å². The van der Waals surface area contributed by atoms with Crippen LogP contribution < -0.4 is 0 Å². The van der Waals surface area contributed by atoms with Gasteiger partial charge in [-0.3, -0.25) is 0 Å². The Morgan fingerprint density at radius 2 is 2.00 bits per heavy atom. The zero-order valence-corrected chi connectivity index (χ0v) is 12.5. The molecule has 20 heavy (non-hydrogen) atoms. The van der Waals surface area contributed by atoms with Gasteiger partial charge in [0.15, 0.2) is 0 Å². The van der Waals surface area contributed by atoms with E-state index in [-0.39, 0.29) is 12.1 Å². The first-order valence-electron chi connectivity index (χ1n) is 7.08. The van der Waals surface area contributed by atoms with Gasteiger partial charge in [-0.1, -0.05) is 36.4 Å². The van der Waals surface area contributed by atoms with Crippen LogP contribution in [0.1, 0.15) is 38.7 Å². The highest BCUT2D eigenvalue weighted by atomic mass is 16.6. The van der Waals surface area contributed by atoms with Crippen molar-refractivity contribution in [1.82, 2.24) is 4.90 Å². The molecule has 0 unspecified atom stereocenters. The summed E-state index contributed by atoms with van der Waals surface area (Å²) in [5, 5.41) is 0. The van der Waals surface area contributed by atoms with E-state index in [4.69, 9.17) is 4.74 Å². The maximum absolute atomic E-state index is 12.3. The standard InChI is InChI=1S/C17H23NO2/c1-5-15-11-14(13-9-7-6-8-10-13)12-18(15)16(19)20-17(2,3)4/h5-10,14-15H,1,11-12H2,2-4H3/t14-,15+/m0/s1. The van der Waals surface area contributed by atoms with Crippen LogP contribution in [0.25, 0.3) is 0 Å². The van der Waals surface area contributed by atoms with Gasteiger partial charge in [0.1, 0.15) is 5.60 Å². The molecule has 1 aromatic carbocycles. The van der Waals surface area contributed by atoms with Crippen molar-refractivity contribution in [1.29, 1.82) is 0 Å². The van der Waals surface area contributed by atoms with Gasteiger partial charge in [0.2, 0.25) is 0 Å². The summed E-state index contributed by atoms with van der Waals surface area (Å²) in [5.74, 6) is 0.353. The summed E-state index contributed by atoms with van der Waals surface area (Å²) in [7, 11) is 0. The molecule has 1 saturated heterocycles. The predicted octanol–water partition coefficient (Wildman–Crippen LogP) is 3.97. The number of carbonyl (C=O) groups excluding carboxylic acids is 1. The molecule has 108 valence electrons. The van der Waals surface area contributed by atoms with E-state index in [9.17, 15) is 4.79 Å². The number of carbonyl (C=O) groups is 1. The smallest absolute Gasteiger partial charge is 0.410 e. The number of hydrogen-bond donors (Lipinski definition) is 0. The van der Waals surface area contributed by atoms with E-state index in [0.29, 0.717) is 12.5 Å². The second kappa shape index (κ2) is 5.70. The topological polar surface area (TPSA) is 29.5 Å².